The molecule has 2 aromatic rings. The molecule has 4 rings (SSSR count). The summed E-state index contributed by atoms with van der Waals surface area (Å²) in [5.74, 6) is 0.253. The third-order valence-corrected chi connectivity index (χ3v) is 6.64. The molecule has 1 saturated carbocycles. The summed E-state index contributed by atoms with van der Waals surface area (Å²) in [6.07, 6.45) is 6.76. The first-order valence-electron chi connectivity index (χ1n) is 10.8. The van der Waals surface area contributed by atoms with Crippen LogP contribution in [0, 0.1) is 24.2 Å². The van der Waals surface area contributed by atoms with Crippen LogP contribution in [0.25, 0.3) is 11.1 Å². The summed E-state index contributed by atoms with van der Waals surface area (Å²) in [5.41, 5.74) is 5.41. The Morgan fingerprint density at radius 2 is 1.54 bits per heavy atom. The van der Waals surface area contributed by atoms with Crippen molar-refractivity contribution < 1.29 is 0 Å². The molecule has 1 aliphatic heterocycles. The van der Waals surface area contributed by atoms with E-state index in [-0.39, 0.29) is 5.92 Å². The number of nitrogens with one attached hydrogen (secondary N) is 1. The van der Waals surface area contributed by atoms with Crippen LogP contribution in [0.15, 0.2) is 48.5 Å². The molecule has 0 unspecified atom stereocenters. The Labute approximate surface area is 169 Å². The molecule has 0 aromatic heterocycles. The highest BCUT2D eigenvalue weighted by atomic mass is 15.2. The Morgan fingerprint density at radius 1 is 0.857 bits per heavy atom. The lowest BCUT2D eigenvalue weighted by atomic mass is 9.84. The normalized spacial score (nSPS) is 23.1. The molecule has 1 N–H and O–H groups in total. The smallest absolute Gasteiger partial charge is 0.0655 e. The predicted molar refractivity (Wildman–Crippen MR) is 116 cm³/mol. The highest BCUT2D eigenvalue weighted by Gasteiger charge is 2.32. The van der Waals surface area contributed by atoms with Crippen LogP contribution in [0.4, 0.5) is 5.69 Å². The highest BCUT2D eigenvalue weighted by molar-refractivity contribution is 5.74. The fourth-order valence-electron chi connectivity index (χ4n) is 5.09. The van der Waals surface area contributed by atoms with E-state index in [4.69, 9.17) is 0 Å². The molecule has 28 heavy (non-hydrogen) atoms. The standard InChI is InChI=1S/C25H31N3/c1-19-24(21-6-3-2-4-7-21)8-5-9-25(19)28(23-14-16-27-17-15-23)22-12-10-20(18-26)11-13-22/h2-9,20,22-23,27H,10-17H2,1H3. The van der Waals surface area contributed by atoms with E-state index in [0.29, 0.717) is 12.1 Å². The first-order valence-corrected chi connectivity index (χ1v) is 10.8. The second-order valence-electron chi connectivity index (χ2n) is 8.34. The predicted octanol–water partition coefficient (Wildman–Crippen LogP) is 5.30. The molecule has 2 aromatic carbocycles. The van der Waals surface area contributed by atoms with E-state index in [2.05, 4.69) is 71.7 Å². The average molecular weight is 374 g/mol. The summed E-state index contributed by atoms with van der Waals surface area (Å²) in [6.45, 7) is 4.49. The van der Waals surface area contributed by atoms with Crippen LogP contribution in [-0.4, -0.2) is 25.2 Å². The maximum Gasteiger partial charge on any atom is 0.0655 e. The fourth-order valence-corrected chi connectivity index (χ4v) is 5.09. The van der Waals surface area contributed by atoms with Gasteiger partial charge in [0.15, 0.2) is 0 Å². The molecule has 3 nitrogen and oxygen atoms in total. The van der Waals surface area contributed by atoms with Crippen molar-refractivity contribution in [2.45, 2.75) is 57.5 Å². The molecule has 2 fully saturated rings. The molecular formula is C25H31N3. The van der Waals surface area contributed by atoms with Crippen LogP contribution >= 0.6 is 0 Å². The zero-order valence-corrected chi connectivity index (χ0v) is 16.9. The number of anilines is 1. The molecule has 1 heterocycles. The number of nitrogens with zero attached hydrogens (tertiary/aromatic N) is 2. The van der Waals surface area contributed by atoms with Gasteiger partial charge >= 0.3 is 0 Å². The second-order valence-corrected chi connectivity index (χ2v) is 8.34. The number of hydrogen-bond donors (Lipinski definition) is 1. The molecule has 146 valence electrons. The molecule has 0 atom stereocenters. The van der Waals surface area contributed by atoms with E-state index in [1.165, 1.54) is 35.2 Å². The quantitative estimate of drug-likeness (QED) is 0.790. The molecule has 3 heteroatoms. The van der Waals surface area contributed by atoms with Crippen molar-refractivity contribution in [3.8, 4) is 17.2 Å². The van der Waals surface area contributed by atoms with Crippen LogP contribution in [0.5, 0.6) is 0 Å². The van der Waals surface area contributed by atoms with Crippen molar-refractivity contribution in [1.29, 1.82) is 5.26 Å². The van der Waals surface area contributed by atoms with Crippen molar-refractivity contribution in [2.24, 2.45) is 5.92 Å². The lowest BCUT2D eigenvalue weighted by Crippen LogP contribution is -2.49. The average Bonchev–Trinajstić information content (AvgIpc) is 2.77. The maximum atomic E-state index is 9.32. The van der Waals surface area contributed by atoms with E-state index >= 15 is 0 Å². The van der Waals surface area contributed by atoms with E-state index in [0.717, 1.165) is 38.8 Å². The van der Waals surface area contributed by atoms with Crippen LogP contribution in [0.2, 0.25) is 0 Å². The largest absolute Gasteiger partial charge is 0.365 e. The molecule has 0 bridgehead atoms. The zero-order valence-electron chi connectivity index (χ0n) is 16.9. The third-order valence-electron chi connectivity index (χ3n) is 6.64. The summed E-state index contributed by atoms with van der Waals surface area (Å²) in [5, 5.41) is 12.8. The van der Waals surface area contributed by atoms with E-state index < -0.39 is 0 Å². The summed E-state index contributed by atoms with van der Waals surface area (Å²) < 4.78 is 0. The van der Waals surface area contributed by atoms with Crippen molar-refractivity contribution in [1.82, 2.24) is 5.32 Å². The number of nitriles is 1. The first-order chi connectivity index (χ1) is 13.8. The molecule has 1 saturated heterocycles. The van der Waals surface area contributed by atoms with E-state index in [1.54, 1.807) is 0 Å². The van der Waals surface area contributed by atoms with Gasteiger partial charge in [0.05, 0.1) is 6.07 Å². The monoisotopic (exact) mass is 373 g/mol. The fraction of sp³-hybridized carbons (Fsp3) is 0.480. The van der Waals surface area contributed by atoms with Gasteiger partial charge in [-0.3, -0.25) is 0 Å². The molecule has 0 spiro atoms. The Hall–Kier alpha value is -2.31. The number of piperidine rings is 1. The van der Waals surface area contributed by atoms with Crippen molar-refractivity contribution >= 4 is 5.69 Å². The summed E-state index contributed by atoms with van der Waals surface area (Å²) >= 11 is 0. The Morgan fingerprint density at radius 3 is 2.21 bits per heavy atom. The summed E-state index contributed by atoms with van der Waals surface area (Å²) in [4.78, 5) is 2.75. The number of hydrogen-bond acceptors (Lipinski definition) is 3. The molecule has 1 aliphatic carbocycles. The van der Waals surface area contributed by atoms with E-state index in [9.17, 15) is 5.26 Å². The van der Waals surface area contributed by atoms with Gasteiger partial charge in [0.25, 0.3) is 0 Å². The van der Waals surface area contributed by atoms with Gasteiger partial charge in [0.1, 0.15) is 0 Å². The second kappa shape index (κ2) is 8.80. The minimum absolute atomic E-state index is 0.253. The minimum atomic E-state index is 0.253. The van der Waals surface area contributed by atoms with Crippen LogP contribution in [-0.2, 0) is 0 Å². The van der Waals surface area contributed by atoms with Crippen molar-refractivity contribution in [3.63, 3.8) is 0 Å². The van der Waals surface area contributed by atoms with Gasteiger partial charge in [0, 0.05) is 23.7 Å². The molecular weight excluding hydrogens is 342 g/mol. The summed E-state index contributed by atoms with van der Waals surface area (Å²) in [7, 11) is 0. The van der Waals surface area contributed by atoms with Crippen LogP contribution in [0.3, 0.4) is 0 Å². The third kappa shape index (κ3) is 3.93. The Balaban J connectivity index is 1.69. The van der Waals surface area contributed by atoms with Crippen LogP contribution < -0.4 is 10.2 Å². The lowest BCUT2D eigenvalue weighted by molar-refractivity contribution is 0.321. The first kappa shape index (κ1) is 19.0. The molecule has 0 radical (unpaired) electrons. The topological polar surface area (TPSA) is 39.1 Å². The Bertz CT molecular complexity index is 809. The van der Waals surface area contributed by atoms with Gasteiger partial charge in [-0.2, -0.15) is 5.26 Å². The van der Waals surface area contributed by atoms with Gasteiger partial charge in [0.2, 0.25) is 0 Å². The van der Waals surface area contributed by atoms with Crippen LogP contribution in [0.1, 0.15) is 44.1 Å². The van der Waals surface area contributed by atoms with E-state index in [1.807, 2.05) is 0 Å². The Kier molecular flexibility index (Phi) is 5.98. The van der Waals surface area contributed by atoms with Gasteiger partial charge in [-0.05, 0) is 81.3 Å². The van der Waals surface area contributed by atoms with Crippen molar-refractivity contribution in [3.05, 3.63) is 54.1 Å². The zero-order chi connectivity index (χ0) is 19.3. The van der Waals surface area contributed by atoms with Gasteiger partial charge in [-0.15, -0.1) is 0 Å². The molecule has 2 aliphatic rings. The SMILES string of the molecule is Cc1c(-c2ccccc2)cccc1N(C1CCNCC1)C1CCC(C#N)CC1. The minimum Gasteiger partial charge on any atom is -0.365 e. The van der Waals surface area contributed by atoms with Gasteiger partial charge in [-0.25, -0.2) is 0 Å². The number of benzene rings is 2. The van der Waals surface area contributed by atoms with Gasteiger partial charge in [-0.1, -0.05) is 42.5 Å². The van der Waals surface area contributed by atoms with Gasteiger partial charge < -0.3 is 10.2 Å². The highest BCUT2D eigenvalue weighted by Crippen LogP contribution is 2.38. The summed E-state index contributed by atoms with van der Waals surface area (Å²) in [6, 6.07) is 21.2. The number of rotatable bonds is 4. The van der Waals surface area contributed by atoms with Crippen molar-refractivity contribution in [2.75, 3.05) is 18.0 Å². The maximum absolute atomic E-state index is 9.32. The lowest BCUT2D eigenvalue weighted by Gasteiger charge is -2.45. The molecule has 0 amide bonds.